The summed E-state index contributed by atoms with van der Waals surface area (Å²) in [5.41, 5.74) is 2.49. The Morgan fingerprint density at radius 2 is 2.26 bits per heavy atom. The molecule has 0 radical (unpaired) electrons. The first-order valence-corrected chi connectivity index (χ1v) is 10.2. The highest BCUT2D eigenvalue weighted by Gasteiger charge is 2.16. The van der Waals surface area contributed by atoms with E-state index in [0.29, 0.717) is 31.0 Å². The Balaban J connectivity index is 1.40. The minimum atomic E-state index is -0.500. The molecule has 0 unspecified atom stereocenters. The molecular weight excluding hydrogens is 398 g/mol. The SMILES string of the molecule is Cn1cc(-n2ccc(=O)c(Cc3cccc(NC(=O)OC[C@@H]4CCCOC4)c3)n2)cn1. The summed E-state index contributed by atoms with van der Waals surface area (Å²) in [5, 5.41) is 11.3. The van der Waals surface area contributed by atoms with Crippen molar-refractivity contribution in [2.24, 2.45) is 13.0 Å². The van der Waals surface area contributed by atoms with Crippen molar-refractivity contribution in [3.8, 4) is 5.69 Å². The van der Waals surface area contributed by atoms with Gasteiger partial charge in [-0.3, -0.25) is 14.8 Å². The van der Waals surface area contributed by atoms with Gasteiger partial charge in [-0.1, -0.05) is 12.1 Å². The second-order valence-corrected chi connectivity index (χ2v) is 7.63. The fourth-order valence-electron chi connectivity index (χ4n) is 3.48. The molecule has 1 saturated heterocycles. The second kappa shape index (κ2) is 9.57. The van der Waals surface area contributed by atoms with E-state index < -0.39 is 6.09 Å². The van der Waals surface area contributed by atoms with Crippen molar-refractivity contribution in [3.05, 3.63) is 70.4 Å². The molecule has 9 heteroatoms. The zero-order valence-electron chi connectivity index (χ0n) is 17.4. The average molecular weight is 423 g/mol. The quantitative estimate of drug-likeness (QED) is 0.654. The molecule has 4 rings (SSSR count). The van der Waals surface area contributed by atoms with Crippen LogP contribution in [0.15, 0.2) is 53.7 Å². The first-order chi connectivity index (χ1) is 15.1. The third kappa shape index (κ3) is 5.58. The van der Waals surface area contributed by atoms with Gasteiger partial charge in [0.05, 0.1) is 25.6 Å². The lowest BCUT2D eigenvalue weighted by molar-refractivity contribution is 0.0260. The van der Waals surface area contributed by atoms with Gasteiger partial charge in [-0.25, -0.2) is 9.48 Å². The molecule has 1 aliphatic rings. The number of aromatic nitrogens is 4. The summed E-state index contributed by atoms with van der Waals surface area (Å²) in [5.74, 6) is 0.247. The molecule has 1 atom stereocenters. The van der Waals surface area contributed by atoms with Gasteiger partial charge in [0.15, 0.2) is 0 Å². The average Bonchev–Trinajstić information content (AvgIpc) is 3.21. The maximum Gasteiger partial charge on any atom is 0.411 e. The summed E-state index contributed by atoms with van der Waals surface area (Å²) in [6.45, 7) is 1.75. The minimum absolute atomic E-state index is 0.146. The predicted octanol–water partition coefficient (Wildman–Crippen LogP) is 2.53. The molecule has 1 aliphatic heterocycles. The summed E-state index contributed by atoms with van der Waals surface area (Å²) in [4.78, 5) is 24.4. The smallest absolute Gasteiger partial charge is 0.411 e. The van der Waals surface area contributed by atoms with Crippen molar-refractivity contribution in [2.75, 3.05) is 25.1 Å². The van der Waals surface area contributed by atoms with Crippen LogP contribution in [0.1, 0.15) is 24.1 Å². The maximum absolute atomic E-state index is 12.3. The van der Waals surface area contributed by atoms with Gasteiger partial charge >= 0.3 is 6.09 Å². The zero-order valence-corrected chi connectivity index (χ0v) is 17.4. The fourth-order valence-corrected chi connectivity index (χ4v) is 3.48. The van der Waals surface area contributed by atoms with E-state index in [1.54, 1.807) is 27.8 Å². The Labute approximate surface area is 179 Å². The number of hydrogen-bond acceptors (Lipinski definition) is 6. The highest BCUT2D eigenvalue weighted by Crippen LogP contribution is 2.16. The molecule has 31 heavy (non-hydrogen) atoms. The highest BCUT2D eigenvalue weighted by atomic mass is 16.6. The molecule has 0 bridgehead atoms. The zero-order chi connectivity index (χ0) is 21.6. The highest BCUT2D eigenvalue weighted by molar-refractivity contribution is 5.84. The monoisotopic (exact) mass is 423 g/mol. The van der Waals surface area contributed by atoms with E-state index in [2.05, 4.69) is 15.5 Å². The Kier molecular flexibility index (Phi) is 6.42. The third-order valence-electron chi connectivity index (χ3n) is 5.09. The van der Waals surface area contributed by atoms with Crippen molar-refractivity contribution in [1.29, 1.82) is 0 Å². The van der Waals surface area contributed by atoms with E-state index in [9.17, 15) is 9.59 Å². The van der Waals surface area contributed by atoms with Gasteiger partial charge in [-0.15, -0.1) is 0 Å². The predicted molar refractivity (Wildman–Crippen MR) is 114 cm³/mol. The molecular formula is C22H25N5O4. The van der Waals surface area contributed by atoms with Crippen molar-refractivity contribution in [2.45, 2.75) is 19.3 Å². The lowest BCUT2D eigenvalue weighted by atomic mass is 10.0. The van der Waals surface area contributed by atoms with Crippen LogP contribution in [0.3, 0.4) is 0 Å². The van der Waals surface area contributed by atoms with E-state index in [4.69, 9.17) is 9.47 Å². The van der Waals surface area contributed by atoms with Crippen LogP contribution < -0.4 is 10.7 Å². The molecule has 0 saturated carbocycles. The molecule has 1 amide bonds. The van der Waals surface area contributed by atoms with Crippen LogP contribution >= 0.6 is 0 Å². The number of nitrogens with zero attached hydrogens (tertiary/aromatic N) is 4. The van der Waals surface area contributed by atoms with Gasteiger partial charge in [0.1, 0.15) is 11.4 Å². The van der Waals surface area contributed by atoms with Crippen LogP contribution in [0.25, 0.3) is 5.69 Å². The van der Waals surface area contributed by atoms with Gasteiger partial charge in [-0.05, 0) is 30.5 Å². The van der Waals surface area contributed by atoms with E-state index >= 15 is 0 Å². The largest absolute Gasteiger partial charge is 0.449 e. The summed E-state index contributed by atoms with van der Waals surface area (Å²) >= 11 is 0. The van der Waals surface area contributed by atoms with E-state index in [1.165, 1.54) is 6.07 Å². The van der Waals surface area contributed by atoms with E-state index in [-0.39, 0.29) is 11.3 Å². The van der Waals surface area contributed by atoms with Crippen LogP contribution in [0.5, 0.6) is 0 Å². The second-order valence-electron chi connectivity index (χ2n) is 7.63. The topological polar surface area (TPSA) is 100 Å². The molecule has 1 fully saturated rings. The summed E-state index contributed by atoms with van der Waals surface area (Å²) in [7, 11) is 1.82. The van der Waals surface area contributed by atoms with Crippen LogP contribution in [0.2, 0.25) is 0 Å². The first-order valence-electron chi connectivity index (χ1n) is 10.2. The van der Waals surface area contributed by atoms with Crippen molar-refractivity contribution < 1.29 is 14.3 Å². The summed E-state index contributed by atoms with van der Waals surface area (Å²) < 4.78 is 14.0. The number of aryl methyl sites for hydroxylation is 1. The molecule has 1 aromatic carbocycles. The number of carbonyl (C=O) groups is 1. The molecule has 3 heterocycles. The summed E-state index contributed by atoms with van der Waals surface area (Å²) in [6.07, 6.45) is 6.95. The van der Waals surface area contributed by atoms with Crippen LogP contribution in [0.4, 0.5) is 10.5 Å². The maximum atomic E-state index is 12.3. The number of nitrogens with one attached hydrogen (secondary N) is 1. The van der Waals surface area contributed by atoms with Crippen LogP contribution in [-0.4, -0.2) is 45.5 Å². The van der Waals surface area contributed by atoms with Gasteiger partial charge in [-0.2, -0.15) is 10.2 Å². The minimum Gasteiger partial charge on any atom is -0.449 e. The molecule has 1 N–H and O–H groups in total. The molecule has 9 nitrogen and oxygen atoms in total. The van der Waals surface area contributed by atoms with Crippen molar-refractivity contribution in [1.82, 2.24) is 19.6 Å². The number of benzene rings is 1. The molecule has 162 valence electrons. The third-order valence-corrected chi connectivity index (χ3v) is 5.09. The van der Waals surface area contributed by atoms with Gasteiger partial charge < -0.3 is 9.47 Å². The normalized spacial score (nSPS) is 16.1. The Morgan fingerprint density at radius 3 is 3.03 bits per heavy atom. The van der Waals surface area contributed by atoms with E-state index in [1.807, 2.05) is 31.4 Å². The number of rotatable bonds is 6. The lowest BCUT2D eigenvalue weighted by Gasteiger charge is -2.21. The van der Waals surface area contributed by atoms with Gasteiger partial charge in [0, 0.05) is 43.9 Å². The number of hydrogen-bond donors (Lipinski definition) is 1. The fraction of sp³-hybridized carbons (Fsp3) is 0.364. The number of carbonyl (C=O) groups excluding carboxylic acids is 1. The van der Waals surface area contributed by atoms with Gasteiger partial charge in [0.2, 0.25) is 5.43 Å². The Bertz CT molecular complexity index is 1100. The number of ether oxygens (including phenoxy) is 2. The first kappa shape index (κ1) is 20.8. The molecule has 2 aromatic heterocycles. The van der Waals surface area contributed by atoms with Crippen LogP contribution in [-0.2, 0) is 22.9 Å². The standard InChI is InChI=1S/C22H25N5O4/c1-26-13-19(12-23-26)27-8-7-21(28)20(25-27)11-16-4-2-6-18(10-16)24-22(29)31-15-17-5-3-9-30-14-17/h2,4,6-8,10,12-13,17H,3,5,9,11,14-15H2,1H3,(H,24,29)/t17-/m1/s1. The molecule has 0 aliphatic carbocycles. The van der Waals surface area contributed by atoms with Crippen molar-refractivity contribution in [3.63, 3.8) is 0 Å². The molecule has 0 spiro atoms. The molecule has 3 aromatic rings. The Morgan fingerprint density at radius 1 is 1.35 bits per heavy atom. The number of anilines is 1. The number of amides is 1. The van der Waals surface area contributed by atoms with Crippen molar-refractivity contribution >= 4 is 11.8 Å². The lowest BCUT2D eigenvalue weighted by Crippen LogP contribution is -2.25. The Hall–Kier alpha value is -3.46. The van der Waals surface area contributed by atoms with Gasteiger partial charge in [0.25, 0.3) is 0 Å². The van der Waals surface area contributed by atoms with Crippen LogP contribution in [0, 0.1) is 5.92 Å². The summed E-state index contributed by atoms with van der Waals surface area (Å²) in [6, 6.07) is 8.79. The van der Waals surface area contributed by atoms with E-state index in [0.717, 1.165) is 30.7 Å².